The highest BCUT2D eigenvalue weighted by Crippen LogP contribution is 2.11. The number of anilines is 1. The zero-order valence-corrected chi connectivity index (χ0v) is 14.6. The van der Waals surface area contributed by atoms with Crippen LogP contribution in [0.4, 0.5) is 5.69 Å². The van der Waals surface area contributed by atoms with Crippen molar-refractivity contribution in [1.82, 2.24) is 10.3 Å². The van der Waals surface area contributed by atoms with Gasteiger partial charge >= 0.3 is 0 Å². The number of hydrogen-bond donors (Lipinski definition) is 2. The van der Waals surface area contributed by atoms with Crippen LogP contribution in [0.3, 0.4) is 0 Å². The van der Waals surface area contributed by atoms with Crippen LogP contribution >= 0.6 is 0 Å². The average Bonchev–Trinajstić information content (AvgIpc) is 3.22. The van der Waals surface area contributed by atoms with E-state index in [1.165, 1.54) is 18.6 Å². The molecule has 2 amide bonds. The molecule has 0 spiro atoms. The lowest BCUT2D eigenvalue weighted by Crippen LogP contribution is -2.41. The predicted octanol–water partition coefficient (Wildman–Crippen LogP) is 2.83. The Morgan fingerprint density at radius 3 is 2.74 bits per heavy atom. The summed E-state index contributed by atoms with van der Waals surface area (Å²) in [5.74, 6) is 5.27. The quantitative estimate of drug-likeness (QED) is 0.702. The first-order valence-electron chi connectivity index (χ1n) is 8.29. The van der Waals surface area contributed by atoms with Gasteiger partial charge in [-0.15, -0.1) is 0 Å². The van der Waals surface area contributed by atoms with Crippen molar-refractivity contribution in [2.24, 2.45) is 0 Å². The second-order valence-electron chi connectivity index (χ2n) is 5.74. The van der Waals surface area contributed by atoms with Crippen molar-refractivity contribution in [2.45, 2.75) is 13.0 Å². The van der Waals surface area contributed by atoms with Crippen LogP contribution in [0.15, 0.2) is 71.7 Å². The molecule has 0 saturated carbocycles. The van der Waals surface area contributed by atoms with Gasteiger partial charge in [-0.25, -0.2) is 4.98 Å². The van der Waals surface area contributed by atoms with E-state index in [0.717, 1.165) is 5.56 Å². The van der Waals surface area contributed by atoms with Crippen LogP contribution < -0.4 is 10.6 Å². The summed E-state index contributed by atoms with van der Waals surface area (Å²) in [5.41, 5.74) is 2.37. The highest BCUT2D eigenvalue weighted by atomic mass is 16.3. The summed E-state index contributed by atoms with van der Waals surface area (Å²) in [5, 5.41) is 5.39. The van der Waals surface area contributed by atoms with E-state index in [2.05, 4.69) is 27.5 Å². The second-order valence-corrected chi connectivity index (χ2v) is 5.74. The molecular weight excluding hydrogens is 342 g/mol. The SMILES string of the molecule is CC(NC(=O)c1ccoc1)C(=O)Nc1cccc(C#Cc2ccccn2)c1. The Morgan fingerprint density at radius 1 is 1.11 bits per heavy atom. The van der Waals surface area contributed by atoms with Crippen molar-refractivity contribution < 1.29 is 14.0 Å². The van der Waals surface area contributed by atoms with Crippen LogP contribution in [0, 0.1) is 11.8 Å². The van der Waals surface area contributed by atoms with Gasteiger partial charge in [0.15, 0.2) is 0 Å². The normalized spacial score (nSPS) is 11.0. The Bertz CT molecular complexity index is 986. The van der Waals surface area contributed by atoms with Crippen molar-refractivity contribution in [2.75, 3.05) is 5.32 Å². The molecule has 1 aromatic carbocycles. The van der Waals surface area contributed by atoms with Crippen LogP contribution in [-0.4, -0.2) is 22.8 Å². The molecule has 27 heavy (non-hydrogen) atoms. The fourth-order valence-electron chi connectivity index (χ4n) is 2.24. The topological polar surface area (TPSA) is 84.2 Å². The fraction of sp³-hybridized carbons (Fsp3) is 0.0952. The van der Waals surface area contributed by atoms with E-state index >= 15 is 0 Å². The largest absolute Gasteiger partial charge is 0.472 e. The van der Waals surface area contributed by atoms with Gasteiger partial charge in [-0.05, 0) is 49.2 Å². The van der Waals surface area contributed by atoms with E-state index in [1.54, 1.807) is 31.3 Å². The Morgan fingerprint density at radius 2 is 2.00 bits per heavy atom. The molecule has 134 valence electrons. The second kappa shape index (κ2) is 8.50. The maximum atomic E-state index is 12.3. The zero-order chi connectivity index (χ0) is 19.1. The minimum atomic E-state index is -0.712. The van der Waals surface area contributed by atoms with Gasteiger partial charge in [0.1, 0.15) is 18.0 Å². The van der Waals surface area contributed by atoms with Crippen molar-refractivity contribution in [1.29, 1.82) is 0 Å². The monoisotopic (exact) mass is 359 g/mol. The predicted molar refractivity (Wildman–Crippen MR) is 101 cm³/mol. The number of amides is 2. The van der Waals surface area contributed by atoms with Gasteiger partial charge < -0.3 is 15.1 Å². The molecule has 0 fully saturated rings. The third-order valence-corrected chi connectivity index (χ3v) is 3.65. The van der Waals surface area contributed by atoms with Crippen LogP contribution in [0.1, 0.15) is 28.5 Å². The highest BCUT2D eigenvalue weighted by Gasteiger charge is 2.17. The summed E-state index contributed by atoms with van der Waals surface area (Å²) >= 11 is 0. The van der Waals surface area contributed by atoms with Gasteiger partial charge in [0.25, 0.3) is 5.91 Å². The third kappa shape index (κ3) is 5.06. The molecule has 6 nitrogen and oxygen atoms in total. The number of nitrogens with one attached hydrogen (secondary N) is 2. The molecule has 0 aliphatic heterocycles. The highest BCUT2D eigenvalue weighted by molar-refractivity contribution is 6.00. The van der Waals surface area contributed by atoms with E-state index in [0.29, 0.717) is 16.9 Å². The lowest BCUT2D eigenvalue weighted by molar-refractivity contribution is -0.117. The van der Waals surface area contributed by atoms with E-state index in [1.807, 2.05) is 24.3 Å². The van der Waals surface area contributed by atoms with Crippen molar-refractivity contribution >= 4 is 17.5 Å². The van der Waals surface area contributed by atoms with Crippen molar-refractivity contribution in [3.63, 3.8) is 0 Å². The van der Waals surface area contributed by atoms with Gasteiger partial charge in [0.2, 0.25) is 5.91 Å². The van der Waals surface area contributed by atoms with Crippen molar-refractivity contribution in [3.05, 3.63) is 84.1 Å². The number of carbonyl (C=O) groups is 2. The smallest absolute Gasteiger partial charge is 0.255 e. The van der Waals surface area contributed by atoms with Gasteiger partial charge in [0, 0.05) is 17.4 Å². The van der Waals surface area contributed by atoms with Crippen LogP contribution in [0.2, 0.25) is 0 Å². The number of hydrogen-bond acceptors (Lipinski definition) is 4. The Kier molecular flexibility index (Phi) is 5.65. The molecular formula is C21H17N3O3. The zero-order valence-electron chi connectivity index (χ0n) is 14.6. The summed E-state index contributed by atoms with van der Waals surface area (Å²) in [6, 6.07) is 13.5. The standard InChI is InChI=1S/C21H17N3O3/c1-15(23-21(26)17-10-12-27-14-17)20(25)24-19-7-4-5-16(13-19)8-9-18-6-2-3-11-22-18/h2-7,10-15H,1H3,(H,23,26)(H,24,25). The molecule has 2 heterocycles. The molecule has 2 aromatic heterocycles. The Hall–Kier alpha value is -3.85. The van der Waals surface area contributed by atoms with Gasteiger partial charge in [-0.3, -0.25) is 9.59 Å². The molecule has 3 aromatic rings. The summed E-state index contributed by atoms with van der Waals surface area (Å²) in [7, 11) is 0. The van der Waals surface area contributed by atoms with Crippen molar-refractivity contribution in [3.8, 4) is 11.8 Å². The first kappa shape index (κ1) is 18.0. The van der Waals surface area contributed by atoms with Crippen LogP contribution in [-0.2, 0) is 4.79 Å². The van der Waals surface area contributed by atoms with E-state index in [-0.39, 0.29) is 11.8 Å². The minimum absolute atomic E-state index is 0.332. The summed E-state index contributed by atoms with van der Waals surface area (Å²) in [6.45, 7) is 1.61. The lowest BCUT2D eigenvalue weighted by atomic mass is 10.2. The number of pyridine rings is 1. The van der Waals surface area contributed by atoms with Crippen LogP contribution in [0.5, 0.6) is 0 Å². The Balaban J connectivity index is 1.62. The van der Waals surface area contributed by atoms with Gasteiger partial charge in [-0.2, -0.15) is 0 Å². The number of carbonyl (C=O) groups excluding carboxylic acids is 2. The average molecular weight is 359 g/mol. The number of rotatable bonds is 4. The van der Waals surface area contributed by atoms with Crippen LogP contribution in [0.25, 0.3) is 0 Å². The lowest BCUT2D eigenvalue weighted by Gasteiger charge is -2.13. The van der Waals surface area contributed by atoms with E-state index in [4.69, 9.17) is 4.42 Å². The maximum Gasteiger partial charge on any atom is 0.255 e. The molecule has 1 atom stereocenters. The number of benzene rings is 1. The molecule has 3 rings (SSSR count). The molecule has 1 unspecified atom stereocenters. The summed E-state index contributed by atoms with van der Waals surface area (Å²) in [4.78, 5) is 28.4. The molecule has 0 aliphatic rings. The molecule has 2 N–H and O–H groups in total. The third-order valence-electron chi connectivity index (χ3n) is 3.65. The summed E-state index contributed by atoms with van der Waals surface area (Å²) in [6.07, 6.45) is 4.40. The number of nitrogens with zero attached hydrogens (tertiary/aromatic N) is 1. The minimum Gasteiger partial charge on any atom is -0.472 e. The maximum absolute atomic E-state index is 12.3. The number of furan rings is 1. The Labute approximate surface area is 156 Å². The van der Waals surface area contributed by atoms with Gasteiger partial charge in [-0.1, -0.05) is 18.1 Å². The van der Waals surface area contributed by atoms with E-state index < -0.39 is 6.04 Å². The fourth-order valence-corrected chi connectivity index (χ4v) is 2.24. The first-order chi connectivity index (χ1) is 13.1. The molecule has 6 heteroatoms. The molecule has 0 aliphatic carbocycles. The molecule has 0 saturated heterocycles. The van der Waals surface area contributed by atoms with Gasteiger partial charge in [0.05, 0.1) is 11.8 Å². The summed E-state index contributed by atoms with van der Waals surface area (Å²) < 4.78 is 4.86. The molecule has 0 radical (unpaired) electrons. The molecule has 0 bridgehead atoms. The van der Waals surface area contributed by atoms with E-state index in [9.17, 15) is 9.59 Å². The number of aromatic nitrogens is 1. The first-order valence-corrected chi connectivity index (χ1v) is 8.29.